The SMILES string of the molecule is Nc1cc(O)c(C(F)F)c2ccsc12. The number of hydrogen-bond acceptors (Lipinski definition) is 3. The predicted molar refractivity (Wildman–Crippen MR) is 52.9 cm³/mol. The number of phenols is 1. The lowest BCUT2D eigenvalue weighted by molar-refractivity contribution is 0.149. The fourth-order valence-electron chi connectivity index (χ4n) is 1.40. The van der Waals surface area contributed by atoms with Crippen molar-refractivity contribution >= 4 is 27.1 Å². The standard InChI is InChI=1S/C9H7F2NOS/c10-9(11)7-4-1-2-14-8(4)5(12)3-6(7)13/h1-3,9,13H,12H2. The van der Waals surface area contributed by atoms with Crippen LogP contribution in [0.3, 0.4) is 0 Å². The highest BCUT2D eigenvalue weighted by molar-refractivity contribution is 7.17. The van der Waals surface area contributed by atoms with Crippen LogP contribution in [0.15, 0.2) is 17.5 Å². The molecule has 1 aromatic carbocycles. The Morgan fingerprint density at radius 3 is 2.79 bits per heavy atom. The van der Waals surface area contributed by atoms with Crippen LogP contribution in [0.5, 0.6) is 5.75 Å². The molecule has 1 heterocycles. The van der Waals surface area contributed by atoms with Gasteiger partial charge < -0.3 is 10.8 Å². The Morgan fingerprint density at radius 2 is 2.14 bits per heavy atom. The van der Waals surface area contributed by atoms with E-state index in [1.165, 1.54) is 23.5 Å². The Bertz CT molecular complexity index is 481. The van der Waals surface area contributed by atoms with Gasteiger partial charge in [0.25, 0.3) is 6.43 Å². The van der Waals surface area contributed by atoms with E-state index < -0.39 is 12.2 Å². The number of phenolic OH excluding ortho intramolecular Hbond substituents is 1. The van der Waals surface area contributed by atoms with E-state index in [1.54, 1.807) is 5.38 Å². The highest BCUT2D eigenvalue weighted by Crippen LogP contribution is 2.40. The predicted octanol–water partition coefficient (Wildman–Crippen LogP) is 3.13. The van der Waals surface area contributed by atoms with E-state index in [0.717, 1.165) is 0 Å². The smallest absolute Gasteiger partial charge is 0.268 e. The zero-order chi connectivity index (χ0) is 10.3. The lowest BCUT2D eigenvalue weighted by Crippen LogP contribution is -1.90. The molecule has 5 heteroatoms. The summed E-state index contributed by atoms with van der Waals surface area (Å²) in [6, 6.07) is 2.71. The molecule has 0 spiro atoms. The molecule has 0 aliphatic rings. The van der Waals surface area contributed by atoms with Crippen molar-refractivity contribution in [3.63, 3.8) is 0 Å². The van der Waals surface area contributed by atoms with E-state index in [4.69, 9.17) is 5.73 Å². The van der Waals surface area contributed by atoms with Crippen LogP contribution in [-0.4, -0.2) is 5.11 Å². The van der Waals surface area contributed by atoms with E-state index in [9.17, 15) is 13.9 Å². The maximum Gasteiger partial charge on any atom is 0.268 e. The van der Waals surface area contributed by atoms with Gasteiger partial charge in [-0.2, -0.15) is 0 Å². The summed E-state index contributed by atoms with van der Waals surface area (Å²) in [7, 11) is 0. The number of alkyl halides is 2. The van der Waals surface area contributed by atoms with E-state index in [-0.39, 0.29) is 5.56 Å². The molecule has 74 valence electrons. The molecule has 14 heavy (non-hydrogen) atoms. The highest BCUT2D eigenvalue weighted by Gasteiger charge is 2.18. The summed E-state index contributed by atoms with van der Waals surface area (Å²) in [5.74, 6) is -0.441. The van der Waals surface area contributed by atoms with Gasteiger partial charge in [0.1, 0.15) is 5.75 Å². The molecule has 0 unspecified atom stereocenters. The molecule has 2 rings (SSSR count). The fraction of sp³-hybridized carbons (Fsp3) is 0.111. The summed E-state index contributed by atoms with van der Waals surface area (Å²) >= 11 is 1.28. The number of fused-ring (bicyclic) bond motifs is 1. The van der Waals surface area contributed by atoms with Gasteiger partial charge in [-0.25, -0.2) is 8.78 Å². The Hall–Kier alpha value is -1.36. The molecular weight excluding hydrogens is 208 g/mol. The number of benzene rings is 1. The van der Waals surface area contributed by atoms with Crippen LogP contribution in [0.2, 0.25) is 0 Å². The normalized spacial score (nSPS) is 11.4. The van der Waals surface area contributed by atoms with Gasteiger partial charge in [-0.05, 0) is 11.4 Å². The average molecular weight is 215 g/mol. The number of thiophene rings is 1. The molecule has 0 aliphatic heterocycles. The van der Waals surface area contributed by atoms with Gasteiger partial charge in [0.2, 0.25) is 0 Å². The van der Waals surface area contributed by atoms with Crippen molar-refractivity contribution in [3.8, 4) is 5.75 Å². The van der Waals surface area contributed by atoms with Crippen LogP contribution in [0.25, 0.3) is 10.1 Å². The summed E-state index contributed by atoms with van der Waals surface area (Å²) in [6.07, 6.45) is -2.69. The van der Waals surface area contributed by atoms with Crippen LogP contribution < -0.4 is 5.73 Å². The van der Waals surface area contributed by atoms with Crippen molar-refractivity contribution in [1.29, 1.82) is 0 Å². The Kier molecular flexibility index (Phi) is 2.03. The number of hydrogen-bond donors (Lipinski definition) is 2. The molecule has 2 nitrogen and oxygen atoms in total. The lowest BCUT2D eigenvalue weighted by atomic mass is 10.1. The monoisotopic (exact) mass is 215 g/mol. The zero-order valence-corrected chi connectivity index (χ0v) is 7.81. The number of anilines is 1. The number of nitrogen functional groups attached to an aromatic ring is 1. The van der Waals surface area contributed by atoms with E-state index >= 15 is 0 Å². The second kappa shape index (κ2) is 3.09. The van der Waals surface area contributed by atoms with Gasteiger partial charge in [0, 0.05) is 11.5 Å². The second-order valence-corrected chi connectivity index (χ2v) is 3.78. The van der Waals surface area contributed by atoms with E-state index in [2.05, 4.69) is 0 Å². The minimum absolute atomic E-state index is 0.330. The van der Waals surface area contributed by atoms with Gasteiger partial charge in [-0.3, -0.25) is 0 Å². The quantitative estimate of drug-likeness (QED) is 0.718. The van der Waals surface area contributed by atoms with Gasteiger partial charge in [0.05, 0.1) is 16.0 Å². The second-order valence-electron chi connectivity index (χ2n) is 2.86. The molecule has 0 aliphatic carbocycles. The third-order valence-corrected chi connectivity index (χ3v) is 2.97. The molecule has 2 aromatic rings. The van der Waals surface area contributed by atoms with Gasteiger partial charge in [-0.15, -0.1) is 11.3 Å². The Morgan fingerprint density at radius 1 is 1.43 bits per heavy atom. The first kappa shape index (κ1) is 9.21. The van der Waals surface area contributed by atoms with Crippen molar-refractivity contribution in [1.82, 2.24) is 0 Å². The van der Waals surface area contributed by atoms with Crippen LogP contribution in [0, 0.1) is 0 Å². The lowest BCUT2D eigenvalue weighted by Gasteiger charge is -2.06. The third kappa shape index (κ3) is 1.21. The van der Waals surface area contributed by atoms with E-state index in [1.807, 2.05) is 0 Å². The minimum Gasteiger partial charge on any atom is -0.507 e. The van der Waals surface area contributed by atoms with Gasteiger partial charge in [0.15, 0.2) is 0 Å². The Balaban J connectivity index is 2.86. The molecular formula is C9H7F2NOS. The minimum atomic E-state index is -2.69. The Labute approximate surface area is 82.6 Å². The van der Waals surface area contributed by atoms with E-state index in [0.29, 0.717) is 15.8 Å². The fourth-order valence-corrected chi connectivity index (χ4v) is 2.24. The number of nitrogens with two attached hydrogens (primary N) is 1. The molecule has 0 fully saturated rings. The van der Waals surface area contributed by atoms with Crippen molar-refractivity contribution in [2.45, 2.75) is 6.43 Å². The first-order valence-electron chi connectivity index (χ1n) is 3.88. The molecule has 0 saturated heterocycles. The third-order valence-electron chi connectivity index (χ3n) is 2.00. The molecule has 0 bridgehead atoms. The summed E-state index contributed by atoms with van der Waals surface area (Å²) in [6.45, 7) is 0. The van der Waals surface area contributed by atoms with Gasteiger partial charge in [-0.1, -0.05) is 0 Å². The molecule has 0 radical (unpaired) electrons. The number of aromatic hydroxyl groups is 1. The maximum atomic E-state index is 12.6. The molecule has 1 aromatic heterocycles. The maximum absolute atomic E-state index is 12.6. The van der Waals surface area contributed by atoms with Gasteiger partial charge >= 0.3 is 0 Å². The number of rotatable bonds is 1. The molecule has 0 atom stereocenters. The van der Waals surface area contributed by atoms with Crippen LogP contribution in [-0.2, 0) is 0 Å². The molecule has 3 N–H and O–H groups in total. The number of halogens is 2. The van der Waals surface area contributed by atoms with Crippen molar-refractivity contribution in [2.24, 2.45) is 0 Å². The van der Waals surface area contributed by atoms with Crippen molar-refractivity contribution < 1.29 is 13.9 Å². The van der Waals surface area contributed by atoms with Crippen LogP contribution >= 0.6 is 11.3 Å². The summed E-state index contributed by atoms with van der Waals surface area (Å²) in [5.41, 5.74) is 5.57. The average Bonchev–Trinajstić information content (AvgIpc) is 2.51. The topological polar surface area (TPSA) is 46.2 Å². The van der Waals surface area contributed by atoms with Crippen molar-refractivity contribution in [2.75, 3.05) is 5.73 Å². The van der Waals surface area contributed by atoms with Crippen LogP contribution in [0.1, 0.15) is 12.0 Å². The highest BCUT2D eigenvalue weighted by atomic mass is 32.1. The molecule has 0 saturated carbocycles. The van der Waals surface area contributed by atoms with Crippen LogP contribution in [0.4, 0.5) is 14.5 Å². The molecule has 0 amide bonds. The summed E-state index contributed by atoms with van der Waals surface area (Å²) < 4.78 is 25.7. The first-order valence-corrected chi connectivity index (χ1v) is 4.76. The first-order chi connectivity index (χ1) is 6.61. The summed E-state index contributed by atoms with van der Waals surface area (Å²) in [4.78, 5) is 0. The van der Waals surface area contributed by atoms with Crippen molar-refractivity contribution in [3.05, 3.63) is 23.1 Å². The summed E-state index contributed by atoms with van der Waals surface area (Å²) in [5, 5.41) is 11.3. The zero-order valence-electron chi connectivity index (χ0n) is 7.00. The largest absolute Gasteiger partial charge is 0.507 e.